The quantitative estimate of drug-likeness (QED) is 0.776. The molecule has 8 heteroatoms. The van der Waals surface area contributed by atoms with Gasteiger partial charge < -0.3 is 9.30 Å². The van der Waals surface area contributed by atoms with E-state index in [9.17, 15) is 13.2 Å². The maximum Gasteiger partial charge on any atom is 0.340 e. The molecule has 0 aliphatic carbocycles. The van der Waals surface area contributed by atoms with E-state index in [1.807, 2.05) is 0 Å². The molecule has 0 saturated heterocycles. The average molecular weight is 337 g/mol. The molecule has 0 bridgehead atoms. The van der Waals surface area contributed by atoms with Crippen LogP contribution in [0, 0.1) is 6.92 Å². The van der Waals surface area contributed by atoms with Crippen molar-refractivity contribution >= 4 is 21.7 Å². The van der Waals surface area contributed by atoms with Gasteiger partial charge in [-0.3, -0.25) is 4.31 Å². The topological polar surface area (TPSA) is 81.5 Å². The van der Waals surface area contributed by atoms with Crippen molar-refractivity contribution in [2.24, 2.45) is 7.05 Å². The van der Waals surface area contributed by atoms with Crippen LogP contribution in [0.3, 0.4) is 0 Å². The Labute approximate surface area is 135 Å². The predicted molar refractivity (Wildman–Crippen MR) is 85.9 cm³/mol. The molecule has 2 aromatic rings. The molecule has 2 rings (SSSR count). The van der Waals surface area contributed by atoms with Gasteiger partial charge >= 0.3 is 5.97 Å². The van der Waals surface area contributed by atoms with E-state index in [0.29, 0.717) is 5.82 Å². The van der Waals surface area contributed by atoms with E-state index in [4.69, 9.17) is 4.74 Å². The highest BCUT2D eigenvalue weighted by atomic mass is 32.2. The van der Waals surface area contributed by atoms with Gasteiger partial charge in [0, 0.05) is 19.8 Å². The number of ether oxygens (including phenoxy) is 1. The van der Waals surface area contributed by atoms with Crippen LogP contribution in [-0.4, -0.2) is 37.6 Å². The number of rotatable bonds is 5. The zero-order valence-corrected chi connectivity index (χ0v) is 14.3. The highest BCUT2D eigenvalue weighted by Gasteiger charge is 2.29. The average Bonchev–Trinajstić information content (AvgIpc) is 2.88. The van der Waals surface area contributed by atoms with Crippen molar-refractivity contribution in [1.82, 2.24) is 9.55 Å². The summed E-state index contributed by atoms with van der Waals surface area (Å²) >= 11 is 0. The van der Waals surface area contributed by atoms with E-state index in [1.54, 1.807) is 43.7 Å². The van der Waals surface area contributed by atoms with Gasteiger partial charge in [-0.25, -0.2) is 9.78 Å². The van der Waals surface area contributed by atoms with Crippen molar-refractivity contribution in [3.8, 4) is 0 Å². The predicted octanol–water partition coefficient (Wildman–Crippen LogP) is 1.73. The van der Waals surface area contributed by atoms with Crippen LogP contribution < -0.4 is 4.31 Å². The molecule has 0 aliphatic heterocycles. The maximum absolute atomic E-state index is 12.9. The number of methoxy groups -OCH3 is 1. The number of carbonyl (C=O) groups is 1. The minimum absolute atomic E-state index is 0.0565. The minimum atomic E-state index is -3.88. The zero-order chi connectivity index (χ0) is 17.2. The van der Waals surface area contributed by atoms with Crippen molar-refractivity contribution in [3.05, 3.63) is 41.9 Å². The van der Waals surface area contributed by atoms with Crippen LogP contribution in [0.5, 0.6) is 0 Å². The molecule has 0 radical (unpaired) electrons. The number of benzene rings is 1. The molecule has 124 valence electrons. The van der Waals surface area contributed by atoms with Crippen LogP contribution in [0.1, 0.15) is 23.1 Å². The molecule has 0 atom stereocenters. The van der Waals surface area contributed by atoms with Crippen molar-refractivity contribution in [2.45, 2.75) is 18.9 Å². The van der Waals surface area contributed by atoms with Crippen LogP contribution in [0.25, 0.3) is 0 Å². The molecule has 23 heavy (non-hydrogen) atoms. The Morgan fingerprint density at radius 3 is 2.52 bits per heavy atom. The molecule has 0 saturated carbocycles. The first-order valence-electron chi connectivity index (χ1n) is 7.03. The number of anilines is 1. The third kappa shape index (κ3) is 3.07. The van der Waals surface area contributed by atoms with Gasteiger partial charge in [-0.1, -0.05) is 12.1 Å². The fraction of sp³-hybridized carbons (Fsp3) is 0.333. The molecular formula is C15H19N3O4S. The third-order valence-corrected chi connectivity index (χ3v) is 5.27. The first kappa shape index (κ1) is 17.0. The number of nitrogens with zero attached hydrogens (tertiary/aromatic N) is 3. The number of aromatic nitrogens is 2. The lowest BCUT2D eigenvalue weighted by Crippen LogP contribution is -2.32. The summed E-state index contributed by atoms with van der Waals surface area (Å²) in [6.07, 6.45) is 1.45. The minimum Gasteiger partial charge on any atom is -0.465 e. The Morgan fingerprint density at radius 2 is 2.00 bits per heavy atom. The number of carbonyl (C=O) groups excluding carboxylic acids is 1. The fourth-order valence-corrected chi connectivity index (χ4v) is 3.73. The molecule has 1 aromatic carbocycles. The van der Waals surface area contributed by atoms with Crippen molar-refractivity contribution in [1.29, 1.82) is 0 Å². The summed E-state index contributed by atoms with van der Waals surface area (Å²) in [6.45, 7) is 3.57. The lowest BCUT2D eigenvalue weighted by Gasteiger charge is -2.23. The largest absolute Gasteiger partial charge is 0.465 e. The van der Waals surface area contributed by atoms with Gasteiger partial charge in [0.1, 0.15) is 5.82 Å². The maximum atomic E-state index is 12.9. The highest BCUT2D eigenvalue weighted by molar-refractivity contribution is 7.92. The number of hydrogen-bond acceptors (Lipinski definition) is 5. The number of para-hydroxylation sites is 1. The molecule has 0 aliphatic rings. The van der Waals surface area contributed by atoms with E-state index in [-0.39, 0.29) is 22.8 Å². The van der Waals surface area contributed by atoms with Gasteiger partial charge in [-0.15, -0.1) is 0 Å². The Bertz CT molecular complexity index is 807. The molecule has 0 spiro atoms. The smallest absolute Gasteiger partial charge is 0.340 e. The standard InChI is InChI=1S/C15H19N3O4S/c1-5-18(13-9-7-6-8-12(13)15(19)22-4)23(20,21)14-10-17(3)11(2)16-14/h6-10H,5H2,1-4H3. The summed E-state index contributed by atoms with van der Waals surface area (Å²) in [5.74, 6) is -0.00710. The number of aryl methyl sites for hydroxylation is 2. The summed E-state index contributed by atoms with van der Waals surface area (Å²) in [6, 6.07) is 6.43. The second-order valence-electron chi connectivity index (χ2n) is 4.92. The summed E-state index contributed by atoms with van der Waals surface area (Å²) in [7, 11) is -0.898. The summed E-state index contributed by atoms with van der Waals surface area (Å²) in [4.78, 5) is 16.0. The van der Waals surface area contributed by atoms with E-state index in [1.165, 1.54) is 19.4 Å². The second kappa shape index (κ2) is 6.41. The monoisotopic (exact) mass is 337 g/mol. The number of esters is 1. The van der Waals surface area contributed by atoms with Crippen molar-refractivity contribution < 1.29 is 17.9 Å². The Hall–Kier alpha value is -2.35. The molecule has 0 unspecified atom stereocenters. The van der Waals surface area contributed by atoms with Crippen molar-refractivity contribution in [2.75, 3.05) is 18.0 Å². The molecule has 0 N–H and O–H groups in total. The first-order valence-corrected chi connectivity index (χ1v) is 8.47. The van der Waals surface area contributed by atoms with E-state index < -0.39 is 16.0 Å². The van der Waals surface area contributed by atoms with Gasteiger partial charge in [0.05, 0.1) is 18.4 Å². The van der Waals surface area contributed by atoms with Gasteiger partial charge in [0.15, 0.2) is 5.03 Å². The SMILES string of the molecule is CCN(c1ccccc1C(=O)OC)S(=O)(=O)c1cn(C)c(C)n1. The van der Waals surface area contributed by atoms with Gasteiger partial charge in [-0.2, -0.15) is 8.42 Å². The van der Waals surface area contributed by atoms with Gasteiger partial charge in [0.25, 0.3) is 10.0 Å². The Kier molecular flexibility index (Phi) is 4.74. The fourth-order valence-electron chi connectivity index (χ4n) is 2.21. The lowest BCUT2D eigenvalue weighted by atomic mass is 10.2. The summed E-state index contributed by atoms with van der Waals surface area (Å²) < 4.78 is 33.3. The number of hydrogen-bond donors (Lipinski definition) is 0. The highest BCUT2D eigenvalue weighted by Crippen LogP contribution is 2.27. The normalized spacial score (nSPS) is 11.3. The number of sulfonamides is 1. The second-order valence-corrected chi connectivity index (χ2v) is 6.72. The third-order valence-electron chi connectivity index (χ3n) is 3.51. The van der Waals surface area contributed by atoms with Crippen LogP contribution in [0.15, 0.2) is 35.5 Å². The van der Waals surface area contributed by atoms with Crippen molar-refractivity contribution in [3.63, 3.8) is 0 Å². The molecule has 0 fully saturated rings. The van der Waals surface area contributed by atoms with Gasteiger partial charge in [-0.05, 0) is 26.0 Å². The Balaban J connectivity index is 2.58. The molecule has 1 heterocycles. The summed E-state index contributed by atoms with van der Waals surface area (Å²) in [5.41, 5.74) is 0.457. The van der Waals surface area contributed by atoms with Crippen LogP contribution >= 0.6 is 0 Å². The lowest BCUT2D eigenvalue weighted by molar-refractivity contribution is 0.0601. The van der Waals surface area contributed by atoms with E-state index in [2.05, 4.69) is 4.98 Å². The summed E-state index contributed by atoms with van der Waals surface area (Å²) in [5, 5.41) is -0.0565. The first-order chi connectivity index (χ1) is 10.8. The van der Waals surface area contributed by atoms with Crippen LogP contribution in [-0.2, 0) is 21.8 Å². The molecule has 0 amide bonds. The number of imidazole rings is 1. The van der Waals surface area contributed by atoms with E-state index in [0.717, 1.165) is 4.31 Å². The zero-order valence-electron chi connectivity index (χ0n) is 13.5. The van der Waals surface area contributed by atoms with Crippen LogP contribution in [0.4, 0.5) is 5.69 Å². The van der Waals surface area contributed by atoms with Crippen LogP contribution in [0.2, 0.25) is 0 Å². The molecule has 7 nitrogen and oxygen atoms in total. The molecule has 1 aromatic heterocycles. The van der Waals surface area contributed by atoms with Gasteiger partial charge in [0.2, 0.25) is 0 Å². The molecular weight excluding hydrogens is 318 g/mol. The van der Waals surface area contributed by atoms with E-state index >= 15 is 0 Å². The Morgan fingerprint density at radius 1 is 1.35 bits per heavy atom.